The first-order chi connectivity index (χ1) is 10.1. The summed E-state index contributed by atoms with van der Waals surface area (Å²) >= 11 is 0. The Labute approximate surface area is 132 Å². The highest BCUT2D eigenvalue weighted by Crippen LogP contribution is 2.25. The van der Waals surface area contributed by atoms with Crippen molar-refractivity contribution < 1.29 is 14.6 Å². The van der Waals surface area contributed by atoms with Crippen LogP contribution in [-0.2, 0) is 9.78 Å². The Morgan fingerprint density at radius 1 is 1.09 bits per heavy atom. The number of azo groups is 1. The van der Waals surface area contributed by atoms with Gasteiger partial charge in [-0.25, -0.2) is 4.79 Å². The molecular formula is C17H26N2O3. The zero-order valence-electron chi connectivity index (χ0n) is 14.3. The Kier molecular flexibility index (Phi) is 6.23. The van der Waals surface area contributed by atoms with E-state index in [9.17, 15) is 4.79 Å². The molecule has 0 N–H and O–H groups in total. The third-order valence-electron chi connectivity index (χ3n) is 2.65. The SMILES string of the molecule is CC(C)CC(C)(/N=N/C(C)(C)C)OOC(=O)c1ccccc1. The summed E-state index contributed by atoms with van der Waals surface area (Å²) in [5.74, 6) is -0.221. The Balaban J connectivity index is 2.77. The lowest BCUT2D eigenvalue weighted by Gasteiger charge is -2.25. The fraction of sp³-hybridized carbons (Fsp3) is 0.588. The average Bonchev–Trinajstić information content (AvgIpc) is 2.42. The highest BCUT2D eigenvalue weighted by molar-refractivity contribution is 5.88. The molecule has 0 saturated heterocycles. The summed E-state index contributed by atoms with van der Waals surface area (Å²) < 4.78 is 0. The van der Waals surface area contributed by atoms with Crippen molar-refractivity contribution >= 4 is 5.97 Å². The van der Waals surface area contributed by atoms with E-state index in [-0.39, 0.29) is 5.54 Å². The third-order valence-corrected chi connectivity index (χ3v) is 2.65. The first-order valence-corrected chi connectivity index (χ1v) is 7.50. The van der Waals surface area contributed by atoms with Gasteiger partial charge >= 0.3 is 5.97 Å². The average molecular weight is 306 g/mol. The van der Waals surface area contributed by atoms with Crippen LogP contribution in [0.15, 0.2) is 40.6 Å². The first-order valence-electron chi connectivity index (χ1n) is 7.50. The molecule has 1 aromatic carbocycles. The minimum absolute atomic E-state index is 0.314. The van der Waals surface area contributed by atoms with Crippen molar-refractivity contribution in [3.05, 3.63) is 35.9 Å². The smallest absolute Gasteiger partial charge is 0.290 e. The number of carbonyl (C=O) groups excluding carboxylic acids is 1. The minimum Gasteiger partial charge on any atom is -0.290 e. The molecule has 1 rings (SSSR count). The maximum absolute atomic E-state index is 12.0. The normalized spacial score (nSPS) is 15.0. The molecule has 22 heavy (non-hydrogen) atoms. The number of benzene rings is 1. The van der Waals surface area contributed by atoms with Gasteiger partial charge in [-0.2, -0.15) is 15.1 Å². The van der Waals surface area contributed by atoms with Crippen LogP contribution in [0.1, 0.15) is 58.3 Å². The summed E-state index contributed by atoms with van der Waals surface area (Å²) in [5, 5.41) is 8.50. The van der Waals surface area contributed by atoms with Crippen molar-refractivity contribution in [2.75, 3.05) is 0 Å². The quantitative estimate of drug-likeness (QED) is 0.431. The van der Waals surface area contributed by atoms with E-state index in [1.165, 1.54) is 0 Å². The molecule has 1 aromatic rings. The van der Waals surface area contributed by atoms with E-state index in [1.807, 2.05) is 40.7 Å². The molecule has 1 atom stereocenters. The summed E-state index contributed by atoms with van der Waals surface area (Å²) in [6.45, 7) is 11.7. The minimum atomic E-state index is -0.994. The monoisotopic (exact) mass is 306 g/mol. The maximum atomic E-state index is 12.0. The molecule has 0 bridgehead atoms. The molecule has 0 aliphatic carbocycles. The fourth-order valence-corrected chi connectivity index (χ4v) is 1.85. The number of rotatable bonds is 6. The van der Waals surface area contributed by atoms with Crippen molar-refractivity contribution in [2.24, 2.45) is 16.1 Å². The molecule has 0 amide bonds. The fourth-order valence-electron chi connectivity index (χ4n) is 1.85. The second kappa shape index (κ2) is 7.49. The number of hydrogen-bond acceptors (Lipinski definition) is 5. The van der Waals surface area contributed by atoms with Crippen LogP contribution in [0.2, 0.25) is 0 Å². The topological polar surface area (TPSA) is 60.3 Å². The second-order valence-corrected chi connectivity index (χ2v) is 6.96. The van der Waals surface area contributed by atoms with Gasteiger partial charge < -0.3 is 0 Å². The molecule has 5 heteroatoms. The number of carbonyl (C=O) groups is 1. The van der Waals surface area contributed by atoms with Crippen LogP contribution in [0.25, 0.3) is 0 Å². The van der Waals surface area contributed by atoms with Crippen molar-refractivity contribution in [3.8, 4) is 0 Å². The van der Waals surface area contributed by atoms with E-state index in [0.29, 0.717) is 17.9 Å². The second-order valence-electron chi connectivity index (χ2n) is 6.96. The highest BCUT2D eigenvalue weighted by Gasteiger charge is 2.30. The van der Waals surface area contributed by atoms with Crippen molar-refractivity contribution in [1.82, 2.24) is 0 Å². The Morgan fingerprint density at radius 3 is 2.18 bits per heavy atom. The maximum Gasteiger partial charge on any atom is 0.373 e. The van der Waals surface area contributed by atoms with Gasteiger partial charge in [0.25, 0.3) is 0 Å². The van der Waals surface area contributed by atoms with Crippen molar-refractivity contribution in [1.29, 1.82) is 0 Å². The predicted molar refractivity (Wildman–Crippen MR) is 85.4 cm³/mol. The largest absolute Gasteiger partial charge is 0.373 e. The van der Waals surface area contributed by atoms with Crippen molar-refractivity contribution in [3.63, 3.8) is 0 Å². The van der Waals surface area contributed by atoms with Crippen LogP contribution in [-0.4, -0.2) is 17.2 Å². The molecule has 5 nitrogen and oxygen atoms in total. The van der Waals surface area contributed by atoms with Crippen LogP contribution < -0.4 is 0 Å². The van der Waals surface area contributed by atoms with Crippen molar-refractivity contribution in [2.45, 2.75) is 59.2 Å². The Morgan fingerprint density at radius 2 is 1.68 bits per heavy atom. The molecule has 0 aliphatic heterocycles. The predicted octanol–water partition coefficient (Wildman–Crippen LogP) is 4.79. The Bertz CT molecular complexity index is 506. The zero-order valence-corrected chi connectivity index (χ0v) is 14.3. The first kappa shape index (κ1) is 18.3. The van der Waals surface area contributed by atoms with Gasteiger partial charge in [-0.05, 0) is 45.7 Å². The van der Waals surface area contributed by atoms with Gasteiger partial charge in [0.2, 0.25) is 5.72 Å². The highest BCUT2D eigenvalue weighted by atomic mass is 17.2. The van der Waals surface area contributed by atoms with Gasteiger partial charge in [0.15, 0.2) is 0 Å². The van der Waals surface area contributed by atoms with Gasteiger partial charge in [-0.3, -0.25) is 4.89 Å². The van der Waals surface area contributed by atoms with Gasteiger partial charge in [0.1, 0.15) is 0 Å². The molecule has 122 valence electrons. The summed E-state index contributed by atoms with van der Waals surface area (Å²) in [6, 6.07) is 8.70. The lowest BCUT2D eigenvalue weighted by molar-refractivity contribution is -0.315. The molecule has 0 aliphatic rings. The zero-order chi connectivity index (χ0) is 16.8. The summed E-state index contributed by atoms with van der Waals surface area (Å²) in [4.78, 5) is 22.3. The van der Waals surface area contributed by atoms with E-state index in [2.05, 4.69) is 10.2 Å². The molecule has 0 spiro atoms. The van der Waals surface area contributed by atoms with Crippen LogP contribution in [0.4, 0.5) is 0 Å². The van der Waals surface area contributed by atoms with Crippen LogP contribution in [0.5, 0.6) is 0 Å². The van der Waals surface area contributed by atoms with Gasteiger partial charge in [-0.15, -0.1) is 0 Å². The summed E-state index contributed by atoms with van der Waals surface area (Å²) in [5.41, 5.74) is -0.876. The Hall–Kier alpha value is -1.75. The third kappa shape index (κ3) is 6.80. The lowest BCUT2D eigenvalue weighted by Crippen LogP contribution is -2.30. The van der Waals surface area contributed by atoms with E-state index in [1.54, 1.807) is 31.2 Å². The van der Waals surface area contributed by atoms with Gasteiger partial charge in [0.05, 0.1) is 11.1 Å². The van der Waals surface area contributed by atoms with E-state index < -0.39 is 11.7 Å². The summed E-state index contributed by atoms with van der Waals surface area (Å²) in [6.07, 6.45) is 0.592. The van der Waals surface area contributed by atoms with Crippen LogP contribution >= 0.6 is 0 Å². The van der Waals surface area contributed by atoms with Gasteiger partial charge in [0, 0.05) is 6.42 Å². The van der Waals surface area contributed by atoms with Gasteiger partial charge in [-0.1, -0.05) is 32.0 Å². The lowest BCUT2D eigenvalue weighted by atomic mass is 10.0. The van der Waals surface area contributed by atoms with Crippen LogP contribution in [0, 0.1) is 5.92 Å². The molecular weight excluding hydrogens is 280 g/mol. The van der Waals surface area contributed by atoms with E-state index in [4.69, 9.17) is 9.78 Å². The van der Waals surface area contributed by atoms with E-state index >= 15 is 0 Å². The summed E-state index contributed by atoms with van der Waals surface area (Å²) in [7, 11) is 0. The van der Waals surface area contributed by atoms with Crippen LogP contribution in [0.3, 0.4) is 0 Å². The molecule has 0 radical (unpaired) electrons. The molecule has 0 fully saturated rings. The number of nitrogens with zero attached hydrogens (tertiary/aromatic N) is 2. The van der Waals surface area contributed by atoms with E-state index in [0.717, 1.165) is 0 Å². The molecule has 0 heterocycles. The number of hydrogen-bond donors (Lipinski definition) is 0. The molecule has 0 aromatic heterocycles. The molecule has 0 saturated carbocycles. The molecule has 1 unspecified atom stereocenters. The standard InChI is InChI=1S/C17H26N2O3/c1-13(2)12-17(6,19-18-16(3,4)5)22-21-15(20)14-10-8-7-9-11-14/h7-11,13H,12H2,1-6H3/b19-18+.